The number of halogens is 2. The predicted octanol–water partition coefficient (Wildman–Crippen LogP) is 0.124. The van der Waals surface area contributed by atoms with E-state index in [4.69, 9.17) is 16.3 Å². The number of hydrogen-bond donors (Lipinski definition) is 0. The van der Waals surface area contributed by atoms with E-state index in [0.29, 0.717) is 0 Å². The SMILES string of the molecule is CC(=O)OCOC(=O)[C@@H]1N2C(=O)[C@@](Cl)(Br)[C@H]2S(=O)(=O)C1(C)C. The second-order valence-electron chi connectivity index (χ2n) is 5.46. The zero-order chi connectivity index (χ0) is 17.1. The van der Waals surface area contributed by atoms with Crippen LogP contribution in [0.1, 0.15) is 20.8 Å². The molecule has 1 amide bonds. The first-order valence-corrected chi connectivity index (χ1v) is 8.82. The van der Waals surface area contributed by atoms with Crippen LogP contribution in [0, 0.1) is 0 Å². The number of fused-ring (bicyclic) bond motifs is 1. The molecule has 124 valence electrons. The molecule has 2 rings (SSSR count). The Hall–Kier alpha value is -0.870. The molecule has 2 aliphatic rings. The molecule has 2 fully saturated rings. The van der Waals surface area contributed by atoms with E-state index in [-0.39, 0.29) is 0 Å². The maximum atomic E-state index is 12.5. The highest BCUT2D eigenvalue weighted by Gasteiger charge is 2.77. The molecule has 2 saturated heterocycles. The molecule has 0 aromatic rings. The van der Waals surface area contributed by atoms with Crippen molar-refractivity contribution in [2.75, 3.05) is 6.79 Å². The number of nitrogens with zero attached hydrogens (tertiary/aromatic N) is 1. The first-order chi connectivity index (χ1) is 9.86. The highest BCUT2D eigenvalue weighted by atomic mass is 79.9. The van der Waals surface area contributed by atoms with E-state index in [0.717, 1.165) is 11.8 Å². The average molecular weight is 419 g/mol. The minimum Gasteiger partial charge on any atom is -0.428 e. The van der Waals surface area contributed by atoms with Crippen molar-refractivity contribution in [3.8, 4) is 0 Å². The Kier molecular flexibility index (Phi) is 4.03. The van der Waals surface area contributed by atoms with E-state index < -0.39 is 54.4 Å². The predicted molar refractivity (Wildman–Crippen MR) is 77.7 cm³/mol. The fraction of sp³-hybridized carbons (Fsp3) is 0.727. The zero-order valence-electron chi connectivity index (χ0n) is 11.8. The summed E-state index contributed by atoms with van der Waals surface area (Å²) >= 11 is 8.79. The summed E-state index contributed by atoms with van der Waals surface area (Å²) in [6.45, 7) is 3.09. The molecule has 0 saturated carbocycles. The molecule has 22 heavy (non-hydrogen) atoms. The van der Waals surface area contributed by atoms with Crippen molar-refractivity contribution in [2.24, 2.45) is 0 Å². The van der Waals surface area contributed by atoms with Crippen LogP contribution in [-0.4, -0.2) is 57.9 Å². The highest BCUT2D eigenvalue weighted by Crippen LogP contribution is 2.55. The number of esters is 2. The van der Waals surface area contributed by atoms with Gasteiger partial charge in [0.05, 0.1) is 0 Å². The maximum absolute atomic E-state index is 12.5. The number of hydrogen-bond acceptors (Lipinski definition) is 7. The van der Waals surface area contributed by atoms with Crippen LogP contribution in [0.5, 0.6) is 0 Å². The average Bonchev–Trinajstić information content (AvgIpc) is 2.51. The number of sulfone groups is 1. The van der Waals surface area contributed by atoms with Gasteiger partial charge in [0.2, 0.25) is 10.6 Å². The second kappa shape index (κ2) is 5.07. The van der Waals surface area contributed by atoms with Crippen LogP contribution in [0.4, 0.5) is 0 Å². The van der Waals surface area contributed by atoms with Crippen LogP contribution in [0.15, 0.2) is 0 Å². The van der Waals surface area contributed by atoms with Gasteiger partial charge < -0.3 is 14.4 Å². The van der Waals surface area contributed by atoms with Gasteiger partial charge in [-0.1, -0.05) is 27.5 Å². The first-order valence-electron chi connectivity index (χ1n) is 6.11. The normalized spacial score (nSPS) is 34.6. The van der Waals surface area contributed by atoms with Gasteiger partial charge >= 0.3 is 11.9 Å². The van der Waals surface area contributed by atoms with E-state index in [9.17, 15) is 22.8 Å². The molecular weight excluding hydrogens is 406 g/mol. The summed E-state index contributed by atoms with van der Waals surface area (Å²) in [6, 6.07) is -1.37. The van der Waals surface area contributed by atoms with Crippen LogP contribution in [0.25, 0.3) is 0 Å². The van der Waals surface area contributed by atoms with E-state index in [1.54, 1.807) is 0 Å². The molecule has 0 N–H and O–H groups in total. The van der Waals surface area contributed by atoms with Crippen molar-refractivity contribution in [1.29, 1.82) is 0 Å². The lowest BCUT2D eigenvalue weighted by Crippen LogP contribution is -2.69. The van der Waals surface area contributed by atoms with Gasteiger partial charge in [-0.05, 0) is 13.8 Å². The molecule has 0 spiro atoms. The Morgan fingerprint density at radius 2 is 1.91 bits per heavy atom. The number of alkyl halides is 2. The summed E-state index contributed by atoms with van der Waals surface area (Å²) in [5, 5.41) is -1.37. The van der Waals surface area contributed by atoms with Crippen LogP contribution >= 0.6 is 27.5 Å². The van der Waals surface area contributed by atoms with Crippen LogP contribution in [0.2, 0.25) is 0 Å². The molecule has 0 aromatic carbocycles. The van der Waals surface area contributed by atoms with Gasteiger partial charge in [-0.2, -0.15) is 0 Å². The Morgan fingerprint density at radius 3 is 2.41 bits per heavy atom. The highest BCUT2D eigenvalue weighted by molar-refractivity contribution is 9.11. The summed E-state index contributed by atoms with van der Waals surface area (Å²) < 4.78 is 30.9. The van der Waals surface area contributed by atoms with Gasteiger partial charge in [-0.15, -0.1) is 0 Å². The Labute approximate surface area is 140 Å². The largest absolute Gasteiger partial charge is 0.428 e. The lowest BCUT2D eigenvalue weighted by Gasteiger charge is -2.45. The fourth-order valence-electron chi connectivity index (χ4n) is 2.51. The maximum Gasteiger partial charge on any atom is 0.333 e. The molecule has 0 aromatic heterocycles. The molecule has 2 heterocycles. The molecule has 8 nitrogen and oxygen atoms in total. The topological polar surface area (TPSA) is 107 Å². The number of rotatable bonds is 3. The van der Waals surface area contributed by atoms with Gasteiger partial charge in [0.1, 0.15) is 10.8 Å². The number of amides is 1. The molecule has 0 aliphatic carbocycles. The summed E-state index contributed by atoms with van der Waals surface area (Å²) in [5.41, 5.74) is 0. The van der Waals surface area contributed by atoms with Gasteiger partial charge in [0, 0.05) is 6.92 Å². The third-order valence-corrected chi connectivity index (χ3v) is 8.17. The van der Waals surface area contributed by atoms with Crippen molar-refractivity contribution in [3.63, 3.8) is 0 Å². The molecule has 0 unspecified atom stereocenters. The molecule has 0 bridgehead atoms. The molecule has 2 aliphatic heterocycles. The minimum absolute atomic E-state index is 0.659. The molecule has 11 heteroatoms. The Bertz CT molecular complexity index is 659. The summed E-state index contributed by atoms with van der Waals surface area (Å²) in [5.74, 6) is -2.38. The van der Waals surface area contributed by atoms with Crippen molar-refractivity contribution in [2.45, 2.75) is 40.7 Å². The Balaban J connectivity index is 2.30. The summed E-state index contributed by atoms with van der Waals surface area (Å²) in [6.07, 6.45) is 0. The quantitative estimate of drug-likeness (QED) is 0.277. The van der Waals surface area contributed by atoms with E-state index in [2.05, 4.69) is 20.7 Å². The third-order valence-electron chi connectivity index (χ3n) is 3.73. The van der Waals surface area contributed by atoms with Crippen molar-refractivity contribution < 1.29 is 32.3 Å². The van der Waals surface area contributed by atoms with Crippen LogP contribution in [0.3, 0.4) is 0 Å². The van der Waals surface area contributed by atoms with E-state index in [1.165, 1.54) is 13.8 Å². The smallest absolute Gasteiger partial charge is 0.333 e. The monoisotopic (exact) mass is 417 g/mol. The summed E-state index contributed by atoms with van der Waals surface area (Å²) in [4.78, 5) is 35.7. The molecule has 0 radical (unpaired) electrons. The standard InChI is InChI=1S/C11H13BrClNO7S/c1-5(15)20-4-21-7(16)6-10(2,3)22(18,19)9-11(12,13)8(17)14(6)9/h6,9H,4H2,1-3H3/t6-,9+,11-/m0/s1. The van der Waals surface area contributed by atoms with Gasteiger partial charge in [-0.3, -0.25) is 9.59 Å². The molecule has 3 atom stereocenters. The van der Waals surface area contributed by atoms with Gasteiger partial charge in [-0.25, -0.2) is 13.2 Å². The van der Waals surface area contributed by atoms with Gasteiger partial charge in [0.15, 0.2) is 15.2 Å². The van der Waals surface area contributed by atoms with Crippen LogP contribution < -0.4 is 0 Å². The Morgan fingerprint density at radius 1 is 1.36 bits per heavy atom. The number of carbonyl (C=O) groups is 3. The third kappa shape index (κ3) is 2.15. The lowest BCUT2D eigenvalue weighted by atomic mass is 9.98. The summed E-state index contributed by atoms with van der Waals surface area (Å²) in [7, 11) is -3.92. The number of ether oxygens (including phenoxy) is 2. The van der Waals surface area contributed by atoms with Gasteiger partial charge in [0.25, 0.3) is 5.91 Å². The van der Waals surface area contributed by atoms with E-state index in [1.807, 2.05) is 0 Å². The first kappa shape index (κ1) is 17.5. The molecular formula is C11H13BrClNO7S. The number of β-lactam (4-membered cyclic amide) rings is 1. The lowest BCUT2D eigenvalue weighted by molar-refractivity contribution is -0.174. The van der Waals surface area contributed by atoms with Crippen molar-refractivity contribution in [1.82, 2.24) is 4.90 Å². The minimum atomic E-state index is -3.92. The van der Waals surface area contributed by atoms with Crippen molar-refractivity contribution in [3.05, 3.63) is 0 Å². The van der Waals surface area contributed by atoms with E-state index >= 15 is 0 Å². The zero-order valence-corrected chi connectivity index (χ0v) is 15.0. The van der Waals surface area contributed by atoms with Crippen LogP contribution in [-0.2, 0) is 33.7 Å². The number of carbonyl (C=O) groups excluding carboxylic acids is 3. The second-order valence-corrected chi connectivity index (χ2v) is 10.3. The fourth-order valence-corrected chi connectivity index (χ4v) is 6.34. The van der Waals surface area contributed by atoms with Crippen molar-refractivity contribution >= 4 is 55.2 Å².